The van der Waals surface area contributed by atoms with Crippen LogP contribution in [0.5, 0.6) is 0 Å². The largest absolute Gasteiger partial charge is 0.339 e. The molecular formula is C23H26F4. The molecule has 0 spiro atoms. The van der Waals surface area contributed by atoms with Crippen molar-refractivity contribution in [1.82, 2.24) is 0 Å². The highest BCUT2D eigenvalue weighted by Gasteiger charge is 2.60. The lowest BCUT2D eigenvalue weighted by molar-refractivity contribution is -0.162. The van der Waals surface area contributed by atoms with Gasteiger partial charge < -0.3 is 0 Å². The number of allylic oxidation sites excluding steroid dienone is 5. The zero-order valence-electron chi connectivity index (χ0n) is 15.7. The van der Waals surface area contributed by atoms with Crippen molar-refractivity contribution in [3.05, 3.63) is 64.8 Å². The maximum Gasteiger partial charge on any atom is 0.339 e. The second-order valence-electron chi connectivity index (χ2n) is 7.55. The van der Waals surface area contributed by atoms with Crippen LogP contribution in [0.25, 0.3) is 6.08 Å². The monoisotopic (exact) mass is 378 g/mol. The minimum absolute atomic E-state index is 0.0291. The average Bonchev–Trinajstić information content (AvgIpc) is 2.67. The number of rotatable bonds is 5. The van der Waals surface area contributed by atoms with Crippen LogP contribution >= 0.6 is 0 Å². The fourth-order valence-electron chi connectivity index (χ4n) is 3.95. The van der Waals surface area contributed by atoms with Crippen LogP contribution in [0.3, 0.4) is 0 Å². The van der Waals surface area contributed by atoms with E-state index in [0.29, 0.717) is 12.3 Å². The number of hydrogen-bond donors (Lipinski definition) is 0. The van der Waals surface area contributed by atoms with Crippen molar-refractivity contribution in [3.63, 3.8) is 0 Å². The van der Waals surface area contributed by atoms with E-state index in [1.165, 1.54) is 43.7 Å². The summed E-state index contributed by atoms with van der Waals surface area (Å²) in [6.07, 6.45) is 11.4. The maximum absolute atomic E-state index is 14.3. The Balaban J connectivity index is 1.76. The second-order valence-corrected chi connectivity index (χ2v) is 7.55. The first-order chi connectivity index (χ1) is 12.9. The highest BCUT2D eigenvalue weighted by Crippen LogP contribution is 2.49. The zero-order valence-corrected chi connectivity index (χ0v) is 15.7. The summed E-state index contributed by atoms with van der Waals surface area (Å²) in [4.78, 5) is 0. The van der Waals surface area contributed by atoms with Crippen molar-refractivity contribution in [2.45, 2.75) is 69.6 Å². The van der Waals surface area contributed by atoms with Crippen LogP contribution in [0.2, 0.25) is 0 Å². The highest BCUT2D eigenvalue weighted by atomic mass is 19.3. The third-order valence-electron chi connectivity index (χ3n) is 5.61. The van der Waals surface area contributed by atoms with Gasteiger partial charge in [0, 0.05) is 11.1 Å². The summed E-state index contributed by atoms with van der Waals surface area (Å²) < 4.78 is 57.0. The van der Waals surface area contributed by atoms with Gasteiger partial charge in [-0.2, -0.15) is 17.6 Å². The molecule has 0 saturated heterocycles. The Morgan fingerprint density at radius 1 is 0.889 bits per heavy atom. The number of benzene rings is 1. The van der Waals surface area contributed by atoms with E-state index in [1.54, 1.807) is 6.92 Å². The summed E-state index contributed by atoms with van der Waals surface area (Å²) in [7, 11) is 0. The number of alkyl halides is 4. The maximum atomic E-state index is 14.3. The Labute approximate surface area is 158 Å². The van der Waals surface area contributed by atoms with Crippen molar-refractivity contribution in [3.8, 4) is 0 Å². The quantitative estimate of drug-likeness (QED) is 0.461. The third-order valence-corrected chi connectivity index (χ3v) is 5.61. The molecule has 2 aliphatic rings. The van der Waals surface area contributed by atoms with E-state index >= 15 is 0 Å². The topological polar surface area (TPSA) is 0 Å². The molecule has 1 aromatic rings. The fraction of sp³-hybridized carbons (Fsp3) is 0.478. The van der Waals surface area contributed by atoms with Gasteiger partial charge in [-0.1, -0.05) is 81.2 Å². The van der Waals surface area contributed by atoms with E-state index in [2.05, 4.69) is 0 Å². The van der Waals surface area contributed by atoms with Gasteiger partial charge in [-0.25, -0.2) is 0 Å². The molecule has 27 heavy (non-hydrogen) atoms. The van der Waals surface area contributed by atoms with E-state index in [1.807, 2.05) is 24.3 Å². The van der Waals surface area contributed by atoms with Gasteiger partial charge in [0.15, 0.2) is 0 Å². The van der Waals surface area contributed by atoms with Crippen LogP contribution in [0.4, 0.5) is 17.6 Å². The summed E-state index contributed by atoms with van der Waals surface area (Å²) in [6.45, 7) is 1.70. The second kappa shape index (κ2) is 8.04. The molecule has 0 nitrogen and oxygen atoms in total. The van der Waals surface area contributed by atoms with Gasteiger partial charge in [-0.15, -0.1) is 0 Å². The normalized spacial score (nSPS) is 22.6. The first-order valence-corrected chi connectivity index (χ1v) is 9.81. The van der Waals surface area contributed by atoms with Crippen molar-refractivity contribution in [2.24, 2.45) is 0 Å². The lowest BCUT2D eigenvalue weighted by Crippen LogP contribution is -2.44. The Bertz CT molecular complexity index is 732. The molecule has 1 fully saturated rings. The first kappa shape index (κ1) is 19.9. The van der Waals surface area contributed by atoms with Gasteiger partial charge in [0.25, 0.3) is 0 Å². The Hall–Kier alpha value is -1.84. The Morgan fingerprint density at radius 2 is 1.56 bits per heavy atom. The van der Waals surface area contributed by atoms with Crippen LogP contribution in [-0.2, 0) is 0 Å². The van der Waals surface area contributed by atoms with Gasteiger partial charge in [0.1, 0.15) is 0 Å². The molecular weight excluding hydrogens is 352 g/mol. The first-order valence-electron chi connectivity index (χ1n) is 9.81. The minimum Gasteiger partial charge on any atom is -0.194 e. The summed E-state index contributed by atoms with van der Waals surface area (Å²) in [6, 6.07) is 7.80. The van der Waals surface area contributed by atoms with Crippen LogP contribution < -0.4 is 0 Å². The van der Waals surface area contributed by atoms with E-state index in [0.717, 1.165) is 23.8 Å². The minimum atomic E-state index is -4.19. The van der Waals surface area contributed by atoms with Crippen LogP contribution in [0.1, 0.15) is 68.9 Å². The molecule has 3 rings (SSSR count). The predicted octanol–water partition coefficient (Wildman–Crippen LogP) is 7.68. The van der Waals surface area contributed by atoms with Crippen molar-refractivity contribution < 1.29 is 17.6 Å². The van der Waals surface area contributed by atoms with Gasteiger partial charge >= 0.3 is 11.8 Å². The lowest BCUT2D eigenvalue weighted by Gasteiger charge is -2.32. The van der Waals surface area contributed by atoms with E-state index in [-0.39, 0.29) is 6.42 Å². The summed E-state index contributed by atoms with van der Waals surface area (Å²) in [5.41, 5.74) is 0.860. The molecule has 4 heteroatoms. The summed E-state index contributed by atoms with van der Waals surface area (Å²) in [5.74, 6) is -7.75. The molecule has 0 unspecified atom stereocenters. The molecule has 0 radical (unpaired) electrons. The van der Waals surface area contributed by atoms with Crippen LogP contribution in [0.15, 0.2) is 53.6 Å². The average molecular weight is 378 g/mol. The molecule has 0 heterocycles. The molecule has 0 N–H and O–H groups in total. The molecule has 1 aromatic carbocycles. The van der Waals surface area contributed by atoms with Gasteiger partial charge in [-0.3, -0.25) is 0 Å². The van der Waals surface area contributed by atoms with Gasteiger partial charge in [0.05, 0.1) is 0 Å². The standard InChI is InChI=1S/C23H26F4/c1-2-6-20-15-16-21(23(26,27)22(20,24)25)14-11-17-9-12-19(13-10-17)18-7-4-3-5-8-18/h9-16,18H,2-8H2,1H3/b14-11+. The lowest BCUT2D eigenvalue weighted by atomic mass is 9.84. The van der Waals surface area contributed by atoms with Crippen LogP contribution in [0, 0.1) is 0 Å². The summed E-state index contributed by atoms with van der Waals surface area (Å²) >= 11 is 0. The van der Waals surface area contributed by atoms with Gasteiger partial charge in [0.2, 0.25) is 0 Å². The molecule has 0 aliphatic heterocycles. The van der Waals surface area contributed by atoms with Crippen molar-refractivity contribution >= 4 is 6.08 Å². The molecule has 1 saturated carbocycles. The molecule has 0 bridgehead atoms. The molecule has 0 atom stereocenters. The molecule has 146 valence electrons. The van der Waals surface area contributed by atoms with Gasteiger partial charge in [-0.05, 0) is 36.3 Å². The molecule has 0 aromatic heterocycles. The summed E-state index contributed by atoms with van der Waals surface area (Å²) in [5, 5.41) is 0. The van der Waals surface area contributed by atoms with E-state index in [4.69, 9.17) is 0 Å². The number of halogens is 4. The van der Waals surface area contributed by atoms with Crippen molar-refractivity contribution in [2.75, 3.05) is 0 Å². The van der Waals surface area contributed by atoms with E-state index < -0.39 is 23.0 Å². The molecule has 2 aliphatic carbocycles. The Morgan fingerprint density at radius 3 is 2.19 bits per heavy atom. The smallest absolute Gasteiger partial charge is 0.194 e. The van der Waals surface area contributed by atoms with Crippen LogP contribution in [-0.4, -0.2) is 11.8 Å². The molecule has 0 amide bonds. The highest BCUT2D eigenvalue weighted by molar-refractivity contribution is 5.57. The zero-order chi connectivity index (χ0) is 19.5. The van der Waals surface area contributed by atoms with E-state index in [9.17, 15) is 17.6 Å². The SMILES string of the molecule is CCCC1=CC=C(/C=C/c2ccc(C3CCCCC3)cc2)C(F)(F)C1(F)F. The fourth-order valence-corrected chi connectivity index (χ4v) is 3.95. The third kappa shape index (κ3) is 4.04. The number of hydrogen-bond acceptors (Lipinski definition) is 0. The Kier molecular flexibility index (Phi) is 5.92. The predicted molar refractivity (Wildman–Crippen MR) is 102 cm³/mol. The van der Waals surface area contributed by atoms with Crippen molar-refractivity contribution in [1.29, 1.82) is 0 Å².